The van der Waals surface area contributed by atoms with E-state index in [1.807, 2.05) is 41.8 Å². The van der Waals surface area contributed by atoms with E-state index in [-0.39, 0.29) is 10.8 Å². The Labute approximate surface area is 240 Å². The molecular weight excluding hydrogens is 542 g/mol. The van der Waals surface area contributed by atoms with Crippen molar-refractivity contribution in [1.29, 1.82) is 0 Å². The number of unbranched alkanes of at least 4 members (excludes halogenated alkanes) is 1. The van der Waals surface area contributed by atoms with Crippen LogP contribution in [0.15, 0.2) is 81.8 Å². The molecule has 0 amide bonds. The second-order valence-electron chi connectivity index (χ2n) is 9.72. The summed E-state index contributed by atoms with van der Waals surface area (Å²) in [7, 11) is -1.15. The highest BCUT2D eigenvalue weighted by Crippen LogP contribution is 2.40. The van der Waals surface area contributed by atoms with Gasteiger partial charge in [-0.25, -0.2) is 4.21 Å². The summed E-state index contributed by atoms with van der Waals surface area (Å²) in [6.45, 7) is 3.20. The first-order valence-electron chi connectivity index (χ1n) is 13.6. The highest BCUT2D eigenvalue weighted by atomic mass is 32.2. The number of aromatic amines is 1. The number of aromatic hydroxyl groups is 1. The van der Waals surface area contributed by atoms with E-state index in [1.165, 1.54) is 5.56 Å². The molecule has 4 aromatic rings. The molecule has 3 aromatic carbocycles. The predicted molar refractivity (Wildman–Crippen MR) is 162 cm³/mol. The first-order valence-corrected chi connectivity index (χ1v) is 15.7. The number of nitrogens with one attached hydrogen (secondary N) is 1. The van der Waals surface area contributed by atoms with Gasteiger partial charge in [-0.1, -0.05) is 67.1 Å². The molecule has 0 spiro atoms. The topological polar surface area (TPSA) is 88.6 Å². The third kappa shape index (κ3) is 6.57. The van der Waals surface area contributed by atoms with Crippen LogP contribution in [0.1, 0.15) is 49.3 Å². The van der Waals surface area contributed by atoms with E-state index in [0.29, 0.717) is 23.8 Å². The molecule has 1 unspecified atom stereocenters. The minimum absolute atomic E-state index is 0.124. The van der Waals surface area contributed by atoms with Gasteiger partial charge in [0.05, 0.1) is 33.8 Å². The summed E-state index contributed by atoms with van der Waals surface area (Å²) in [5.41, 5.74) is 5.33. The van der Waals surface area contributed by atoms with Gasteiger partial charge in [-0.2, -0.15) is 0 Å². The molecule has 0 saturated carbocycles. The van der Waals surface area contributed by atoms with Gasteiger partial charge in [0.25, 0.3) is 0 Å². The number of thiazole rings is 1. The maximum atomic E-state index is 13.2. The Morgan fingerprint density at radius 3 is 2.48 bits per heavy atom. The molecule has 8 heteroatoms. The molecule has 0 aliphatic carbocycles. The molecule has 208 valence electrons. The number of hydrogen-bond acceptors (Lipinski definition) is 6. The van der Waals surface area contributed by atoms with Crippen molar-refractivity contribution in [3.05, 3.63) is 98.5 Å². The van der Waals surface area contributed by atoms with E-state index in [0.717, 1.165) is 82.8 Å². The summed E-state index contributed by atoms with van der Waals surface area (Å²) in [5, 5.41) is 11.8. The van der Waals surface area contributed by atoms with Crippen LogP contribution in [0.4, 0.5) is 0 Å². The molecule has 1 atom stereocenters. The largest absolute Gasteiger partial charge is 0.494 e. The number of hydrogen-bond donors (Lipinski definition) is 2. The molecule has 0 saturated heterocycles. The third-order valence-electron chi connectivity index (χ3n) is 6.83. The second-order valence-corrected chi connectivity index (χ2v) is 11.9. The summed E-state index contributed by atoms with van der Waals surface area (Å²) >= 11 is 0.967. The van der Waals surface area contributed by atoms with Crippen LogP contribution in [0.25, 0.3) is 16.0 Å². The van der Waals surface area contributed by atoms with E-state index in [1.54, 1.807) is 0 Å². The Balaban J connectivity index is 1.15. The summed E-state index contributed by atoms with van der Waals surface area (Å²) in [4.78, 5) is 15.0. The summed E-state index contributed by atoms with van der Waals surface area (Å²) < 4.78 is 25.3. The summed E-state index contributed by atoms with van der Waals surface area (Å²) in [5.74, 6) is 1.38. The maximum Gasteiger partial charge on any atom is 0.307 e. The van der Waals surface area contributed by atoms with Gasteiger partial charge in [0.2, 0.25) is 5.88 Å². The van der Waals surface area contributed by atoms with Crippen LogP contribution in [0, 0.1) is 0 Å². The standard InChI is InChI=1S/C32H33NO5S2/c1-2-9-27-28(17-16-26-24(21-40(36)30(26)27)15-14-22-10-4-3-5-11-22)38-19-7-6-18-37-25-13-8-12-23(20-25)29-31(34)33-32(35)39-29/h3-5,8,10-13,16-17,20-21,34H,2,6-7,9,14-15,18-19H2,1H3,(H,33,35). The molecule has 1 aliphatic rings. The molecule has 0 fully saturated rings. The van der Waals surface area contributed by atoms with Crippen molar-refractivity contribution in [3.8, 4) is 27.8 Å². The van der Waals surface area contributed by atoms with Crippen LogP contribution in [0.3, 0.4) is 0 Å². The van der Waals surface area contributed by atoms with Crippen molar-refractivity contribution in [1.82, 2.24) is 4.98 Å². The number of aromatic nitrogens is 1. The quantitative estimate of drug-likeness (QED) is 0.166. The van der Waals surface area contributed by atoms with Crippen molar-refractivity contribution in [3.63, 3.8) is 0 Å². The molecule has 5 rings (SSSR count). The highest BCUT2D eigenvalue weighted by Gasteiger charge is 2.25. The Bertz CT molecular complexity index is 1570. The van der Waals surface area contributed by atoms with Gasteiger partial charge in [0.1, 0.15) is 11.5 Å². The third-order valence-corrected chi connectivity index (χ3v) is 9.12. The molecule has 2 N–H and O–H groups in total. The van der Waals surface area contributed by atoms with Gasteiger partial charge < -0.3 is 14.6 Å². The second kappa shape index (κ2) is 13.2. The Kier molecular flexibility index (Phi) is 9.19. The molecular formula is C32H33NO5S2. The fourth-order valence-electron chi connectivity index (χ4n) is 4.90. The van der Waals surface area contributed by atoms with E-state index in [4.69, 9.17) is 9.47 Å². The lowest BCUT2D eigenvalue weighted by atomic mass is 9.96. The number of fused-ring (bicyclic) bond motifs is 1. The van der Waals surface area contributed by atoms with Gasteiger partial charge in [-0.05, 0) is 73.1 Å². The number of ether oxygens (including phenoxy) is 2. The Hall–Kier alpha value is -3.62. The van der Waals surface area contributed by atoms with E-state index in [9.17, 15) is 14.1 Å². The molecule has 1 aliphatic heterocycles. The Morgan fingerprint density at radius 2 is 1.73 bits per heavy atom. The van der Waals surface area contributed by atoms with Crippen LogP contribution in [0.2, 0.25) is 0 Å². The van der Waals surface area contributed by atoms with Crippen LogP contribution in [-0.2, 0) is 23.6 Å². The average molecular weight is 576 g/mol. The molecule has 0 radical (unpaired) electrons. The van der Waals surface area contributed by atoms with Crippen molar-refractivity contribution >= 4 is 27.7 Å². The summed E-state index contributed by atoms with van der Waals surface area (Å²) in [6.07, 6.45) is 5.18. The molecule has 0 bridgehead atoms. The average Bonchev–Trinajstić information content (AvgIpc) is 3.48. The number of H-pyrrole nitrogens is 1. The lowest BCUT2D eigenvalue weighted by molar-refractivity contribution is 0.265. The van der Waals surface area contributed by atoms with Crippen molar-refractivity contribution < 1.29 is 18.8 Å². The summed E-state index contributed by atoms with van der Waals surface area (Å²) in [6, 6.07) is 21.9. The van der Waals surface area contributed by atoms with Crippen molar-refractivity contribution in [2.75, 3.05) is 13.2 Å². The monoisotopic (exact) mass is 575 g/mol. The Morgan fingerprint density at radius 1 is 0.925 bits per heavy atom. The van der Waals surface area contributed by atoms with Crippen molar-refractivity contribution in [2.24, 2.45) is 0 Å². The highest BCUT2D eigenvalue weighted by molar-refractivity contribution is 7.88. The number of allylic oxidation sites excluding steroid dienone is 1. The van der Waals surface area contributed by atoms with Gasteiger partial charge in [-0.15, -0.1) is 0 Å². The zero-order chi connectivity index (χ0) is 27.9. The zero-order valence-electron chi connectivity index (χ0n) is 22.5. The van der Waals surface area contributed by atoms with Crippen LogP contribution < -0.4 is 14.3 Å². The SMILES string of the molecule is CCCc1c(OCCCCOc2cccc(-c3sc(=O)[nH]c3O)c2)ccc2c1S(=O)C=C2CCc1ccccc1. The lowest BCUT2D eigenvalue weighted by Gasteiger charge is -2.16. The normalized spacial score (nSPS) is 14.1. The molecule has 2 heterocycles. The van der Waals surface area contributed by atoms with Crippen LogP contribution >= 0.6 is 11.3 Å². The minimum atomic E-state index is -1.15. The first kappa shape index (κ1) is 27.9. The van der Waals surface area contributed by atoms with Gasteiger partial charge >= 0.3 is 4.87 Å². The minimum Gasteiger partial charge on any atom is -0.494 e. The zero-order valence-corrected chi connectivity index (χ0v) is 24.1. The smallest absolute Gasteiger partial charge is 0.307 e. The first-order chi connectivity index (χ1) is 19.5. The number of aryl methyl sites for hydroxylation is 1. The molecule has 40 heavy (non-hydrogen) atoms. The number of rotatable bonds is 13. The van der Waals surface area contributed by atoms with E-state index < -0.39 is 10.8 Å². The van der Waals surface area contributed by atoms with Crippen LogP contribution in [0.5, 0.6) is 17.4 Å². The van der Waals surface area contributed by atoms with Crippen LogP contribution in [-0.4, -0.2) is 27.5 Å². The fourth-order valence-corrected chi connectivity index (χ4v) is 7.11. The fraction of sp³-hybridized carbons (Fsp3) is 0.281. The van der Waals surface area contributed by atoms with E-state index in [2.05, 4.69) is 42.2 Å². The van der Waals surface area contributed by atoms with Crippen molar-refractivity contribution in [2.45, 2.75) is 50.3 Å². The number of benzene rings is 3. The van der Waals surface area contributed by atoms with Gasteiger partial charge in [-0.3, -0.25) is 9.78 Å². The van der Waals surface area contributed by atoms with Gasteiger partial charge in [0, 0.05) is 16.5 Å². The van der Waals surface area contributed by atoms with E-state index >= 15 is 0 Å². The predicted octanol–water partition coefficient (Wildman–Crippen LogP) is 7.09. The molecule has 6 nitrogen and oxygen atoms in total. The lowest BCUT2D eigenvalue weighted by Crippen LogP contribution is -2.06. The molecule has 1 aromatic heterocycles. The maximum absolute atomic E-state index is 13.2. The van der Waals surface area contributed by atoms with Gasteiger partial charge in [0.15, 0.2) is 0 Å².